The molecule has 10 nitrogen and oxygen atoms in total. The minimum atomic E-state index is -1.17. The average molecular weight is 192 g/mol. The average Bonchev–Trinajstić information content (AvgIpc) is 2.05. The fraction of sp³-hybridized carbons (Fsp3) is 0.333. The summed E-state index contributed by atoms with van der Waals surface area (Å²) in [5.74, 6) is 0. The summed E-state index contributed by atoms with van der Waals surface area (Å²) >= 11 is 0. The third-order valence-corrected chi connectivity index (χ3v) is 0.953. The lowest BCUT2D eigenvalue weighted by Crippen LogP contribution is -2.42. The monoisotopic (exact) mass is 192 g/mol. The summed E-state index contributed by atoms with van der Waals surface area (Å²) in [6.45, 7) is -1.03. The van der Waals surface area contributed by atoms with Gasteiger partial charge in [0.05, 0.1) is 0 Å². The van der Waals surface area contributed by atoms with Crippen molar-refractivity contribution in [1.82, 2.24) is 10.0 Å². The number of rotatable bonds is 6. The second kappa shape index (κ2) is 4.58. The Hall–Kier alpha value is -2.26. The molecule has 0 saturated carbocycles. The zero-order valence-electron chi connectivity index (χ0n) is 6.10. The lowest BCUT2D eigenvalue weighted by molar-refractivity contribution is -0.684. The Kier molecular flexibility index (Phi) is 3.79. The number of hydrazine groups is 2. The van der Waals surface area contributed by atoms with E-state index in [2.05, 4.69) is 0 Å². The van der Waals surface area contributed by atoms with Crippen molar-refractivity contribution in [2.24, 2.45) is 0 Å². The predicted octanol–water partition coefficient (Wildman–Crippen LogP) is -1.76. The smallest absolute Gasteiger partial charge is 0.272 e. The van der Waals surface area contributed by atoms with Crippen LogP contribution in [-0.4, -0.2) is 39.6 Å². The van der Waals surface area contributed by atoms with E-state index in [9.17, 15) is 29.8 Å². The highest BCUT2D eigenvalue weighted by Gasteiger charge is 2.23. The van der Waals surface area contributed by atoms with E-state index in [1.807, 2.05) is 0 Å². The van der Waals surface area contributed by atoms with Crippen LogP contribution in [-0.2, 0) is 9.59 Å². The third-order valence-electron chi connectivity index (χ3n) is 0.953. The maximum Gasteiger partial charge on any atom is 0.273 e. The van der Waals surface area contributed by atoms with Crippen LogP contribution in [0.1, 0.15) is 0 Å². The first-order valence-electron chi connectivity index (χ1n) is 2.75. The van der Waals surface area contributed by atoms with Crippen molar-refractivity contribution in [3.63, 3.8) is 0 Å². The van der Waals surface area contributed by atoms with Gasteiger partial charge in [0.2, 0.25) is 6.67 Å². The topological polar surface area (TPSA) is 127 Å². The van der Waals surface area contributed by atoms with Crippen molar-refractivity contribution in [3.8, 4) is 0 Å². The molecule has 0 spiro atoms. The highest BCUT2D eigenvalue weighted by atomic mass is 16.7. The lowest BCUT2D eigenvalue weighted by Gasteiger charge is -2.08. The van der Waals surface area contributed by atoms with E-state index in [1.165, 1.54) is 0 Å². The van der Waals surface area contributed by atoms with Crippen LogP contribution in [0.3, 0.4) is 0 Å². The Morgan fingerprint density at radius 1 is 1.00 bits per heavy atom. The van der Waals surface area contributed by atoms with Gasteiger partial charge in [-0.1, -0.05) is 0 Å². The van der Waals surface area contributed by atoms with Gasteiger partial charge in [0.15, 0.2) is 10.1 Å². The van der Waals surface area contributed by atoms with Crippen LogP contribution in [0.2, 0.25) is 0 Å². The molecule has 0 saturated heterocycles. The van der Waals surface area contributed by atoms with Gasteiger partial charge in [0.25, 0.3) is 12.8 Å². The quantitative estimate of drug-likeness (QED) is 0.212. The Balaban J connectivity index is 4.36. The van der Waals surface area contributed by atoms with E-state index in [1.54, 1.807) is 0 Å². The molecule has 0 radical (unpaired) electrons. The number of nitrogens with zero attached hydrogens (tertiary/aromatic N) is 4. The van der Waals surface area contributed by atoms with Crippen molar-refractivity contribution in [3.05, 3.63) is 20.2 Å². The van der Waals surface area contributed by atoms with Gasteiger partial charge in [-0.15, -0.1) is 0 Å². The molecule has 0 heterocycles. The first-order chi connectivity index (χ1) is 6.02. The minimum Gasteiger partial charge on any atom is -0.272 e. The summed E-state index contributed by atoms with van der Waals surface area (Å²) < 4.78 is 0. The molecule has 2 amide bonds. The SMILES string of the molecule is O=CN(CN(C=O)[N+](=O)[O-])[N+](=O)[O-]. The van der Waals surface area contributed by atoms with E-state index in [4.69, 9.17) is 0 Å². The summed E-state index contributed by atoms with van der Waals surface area (Å²) in [5, 5.41) is 17.2. The molecule has 0 aromatic heterocycles. The Labute approximate surface area is 70.6 Å². The van der Waals surface area contributed by atoms with Gasteiger partial charge in [-0.25, -0.2) is 20.2 Å². The second-order valence-corrected chi connectivity index (χ2v) is 1.71. The highest BCUT2D eigenvalue weighted by Crippen LogP contribution is 1.88. The van der Waals surface area contributed by atoms with Gasteiger partial charge < -0.3 is 0 Å². The highest BCUT2D eigenvalue weighted by molar-refractivity contribution is 5.48. The number of amides is 2. The Morgan fingerprint density at radius 3 is 1.46 bits per heavy atom. The molecular weight excluding hydrogens is 188 g/mol. The molecule has 0 aliphatic rings. The number of nitro groups is 2. The van der Waals surface area contributed by atoms with Crippen LogP contribution in [0.15, 0.2) is 0 Å². The van der Waals surface area contributed by atoms with Crippen LogP contribution in [0.5, 0.6) is 0 Å². The summed E-state index contributed by atoms with van der Waals surface area (Å²) in [6, 6.07) is 0. The fourth-order valence-corrected chi connectivity index (χ4v) is 0.395. The molecule has 0 bridgehead atoms. The molecule has 0 aliphatic heterocycles. The van der Waals surface area contributed by atoms with Crippen LogP contribution in [0.4, 0.5) is 0 Å². The van der Waals surface area contributed by atoms with Crippen LogP contribution in [0.25, 0.3) is 0 Å². The van der Waals surface area contributed by atoms with Crippen molar-refractivity contribution in [1.29, 1.82) is 0 Å². The molecule has 10 heteroatoms. The van der Waals surface area contributed by atoms with E-state index in [0.29, 0.717) is 0 Å². The van der Waals surface area contributed by atoms with Crippen molar-refractivity contribution in [2.75, 3.05) is 6.67 Å². The van der Waals surface area contributed by atoms with Gasteiger partial charge in [0.1, 0.15) is 0 Å². The summed E-state index contributed by atoms with van der Waals surface area (Å²) in [5.41, 5.74) is 0. The normalized spacial score (nSPS) is 8.62. The van der Waals surface area contributed by atoms with E-state index in [0.717, 1.165) is 0 Å². The maximum absolute atomic E-state index is 9.94. The minimum absolute atomic E-state index is 0.142. The van der Waals surface area contributed by atoms with Crippen LogP contribution >= 0.6 is 0 Å². The standard InChI is InChI=1S/C3H4N4O6/c8-2-4(6(10)11)1-5(3-9)7(12)13/h2-3H,1H2. The van der Waals surface area contributed by atoms with E-state index >= 15 is 0 Å². The number of carbonyl (C=O) groups excluding carboxylic acids is 2. The fourth-order valence-electron chi connectivity index (χ4n) is 0.395. The second-order valence-electron chi connectivity index (χ2n) is 1.71. The zero-order chi connectivity index (χ0) is 10.4. The third kappa shape index (κ3) is 3.09. The molecule has 0 atom stereocenters. The molecular formula is C3H4N4O6. The molecule has 0 aromatic rings. The van der Waals surface area contributed by atoms with E-state index < -0.39 is 16.7 Å². The van der Waals surface area contributed by atoms with Crippen molar-refractivity contribution in [2.45, 2.75) is 0 Å². The van der Waals surface area contributed by atoms with E-state index in [-0.39, 0.29) is 22.8 Å². The summed E-state index contributed by atoms with van der Waals surface area (Å²) in [4.78, 5) is 39.8. The Morgan fingerprint density at radius 2 is 1.31 bits per heavy atom. The first kappa shape index (κ1) is 10.7. The maximum atomic E-state index is 9.94. The van der Waals surface area contributed by atoms with Crippen LogP contribution < -0.4 is 0 Å². The molecule has 0 aromatic carbocycles. The molecule has 0 N–H and O–H groups in total. The van der Waals surface area contributed by atoms with Crippen molar-refractivity contribution < 1.29 is 19.7 Å². The van der Waals surface area contributed by atoms with Gasteiger partial charge in [-0.05, 0) is 10.0 Å². The molecule has 0 unspecified atom stereocenters. The van der Waals surface area contributed by atoms with Crippen LogP contribution in [0, 0.1) is 20.2 Å². The van der Waals surface area contributed by atoms with Crippen molar-refractivity contribution >= 4 is 12.8 Å². The Bertz CT molecular complexity index is 216. The molecule has 72 valence electrons. The van der Waals surface area contributed by atoms with Gasteiger partial charge in [-0.3, -0.25) is 9.59 Å². The number of carbonyl (C=O) groups is 2. The lowest BCUT2D eigenvalue weighted by atomic mass is 10.9. The first-order valence-corrected chi connectivity index (χ1v) is 2.75. The summed E-state index contributed by atoms with van der Waals surface area (Å²) in [7, 11) is 0. The van der Waals surface area contributed by atoms with Gasteiger partial charge in [-0.2, -0.15) is 0 Å². The number of hydrogen-bond acceptors (Lipinski definition) is 6. The largest absolute Gasteiger partial charge is 0.273 e. The molecule has 0 fully saturated rings. The van der Waals surface area contributed by atoms with Gasteiger partial charge in [0, 0.05) is 0 Å². The summed E-state index contributed by atoms with van der Waals surface area (Å²) in [6.07, 6.45) is -0.472. The number of hydrogen-bond donors (Lipinski definition) is 0. The predicted molar refractivity (Wildman–Crippen MR) is 34.7 cm³/mol. The zero-order valence-corrected chi connectivity index (χ0v) is 6.10. The molecule has 13 heavy (non-hydrogen) atoms. The van der Waals surface area contributed by atoms with Gasteiger partial charge >= 0.3 is 0 Å². The molecule has 0 rings (SSSR count). The molecule has 0 aliphatic carbocycles.